The van der Waals surface area contributed by atoms with Gasteiger partial charge in [-0.1, -0.05) is 30.3 Å². The van der Waals surface area contributed by atoms with Crippen LogP contribution in [0.3, 0.4) is 0 Å². The van der Waals surface area contributed by atoms with E-state index in [2.05, 4.69) is 5.32 Å². The average molecular weight is 262 g/mol. The van der Waals surface area contributed by atoms with Crippen LogP contribution in [-0.2, 0) is 9.59 Å². The van der Waals surface area contributed by atoms with Gasteiger partial charge in [0.1, 0.15) is 0 Å². The molecular formula is C14H18N2O3. The third kappa shape index (κ3) is 3.12. The Morgan fingerprint density at radius 3 is 2.79 bits per heavy atom. The molecule has 0 spiro atoms. The largest absolute Gasteiger partial charge is 0.481 e. The quantitative estimate of drug-likeness (QED) is 0.850. The number of hydrogen-bond acceptors (Lipinski definition) is 3. The Hall–Kier alpha value is -1.88. The van der Waals surface area contributed by atoms with Crippen LogP contribution in [-0.4, -0.2) is 41.0 Å². The SMILES string of the molecule is CC(c1ccccc1)N1CCNC(CC(=O)O)C1=O. The predicted octanol–water partition coefficient (Wildman–Crippen LogP) is 1.02. The first-order valence-corrected chi connectivity index (χ1v) is 6.40. The number of hydrogen-bond donors (Lipinski definition) is 2. The summed E-state index contributed by atoms with van der Waals surface area (Å²) in [6, 6.07) is 9.12. The first kappa shape index (κ1) is 13.5. The summed E-state index contributed by atoms with van der Waals surface area (Å²) in [6.45, 7) is 3.20. The lowest BCUT2D eigenvalue weighted by Crippen LogP contribution is -2.56. The van der Waals surface area contributed by atoms with Gasteiger partial charge in [-0.25, -0.2) is 0 Å². The summed E-state index contributed by atoms with van der Waals surface area (Å²) < 4.78 is 0. The second kappa shape index (κ2) is 5.84. The standard InChI is InChI=1S/C14H18N2O3/c1-10(11-5-3-2-4-6-11)16-8-7-15-12(14(16)19)9-13(17)18/h2-6,10,12,15H,7-9H2,1H3,(H,17,18). The molecule has 0 saturated carbocycles. The molecule has 0 aliphatic carbocycles. The van der Waals surface area contributed by atoms with E-state index >= 15 is 0 Å². The Morgan fingerprint density at radius 2 is 2.16 bits per heavy atom. The Kier molecular flexibility index (Phi) is 4.16. The second-order valence-electron chi connectivity index (χ2n) is 4.72. The van der Waals surface area contributed by atoms with E-state index in [1.165, 1.54) is 0 Å². The molecular weight excluding hydrogens is 244 g/mol. The highest BCUT2D eigenvalue weighted by Crippen LogP contribution is 2.22. The fourth-order valence-electron chi connectivity index (χ4n) is 2.39. The monoisotopic (exact) mass is 262 g/mol. The van der Waals surface area contributed by atoms with Crippen molar-refractivity contribution >= 4 is 11.9 Å². The van der Waals surface area contributed by atoms with Crippen LogP contribution in [0.25, 0.3) is 0 Å². The van der Waals surface area contributed by atoms with Gasteiger partial charge >= 0.3 is 5.97 Å². The van der Waals surface area contributed by atoms with Gasteiger partial charge in [0, 0.05) is 13.1 Å². The molecule has 1 aliphatic rings. The van der Waals surface area contributed by atoms with Crippen molar-refractivity contribution < 1.29 is 14.7 Å². The smallest absolute Gasteiger partial charge is 0.305 e. The molecule has 2 atom stereocenters. The van der Waals surface area contributed by atoms with Crippen LogP contribution in [0.5, 0.6) is 0 Å². The van der Waals surface area contributed by atoms with Gasteiger partial charge in [-0.3, -0.25) is 9.59 Å². The van der Waals surface area contributed by atoms with Crippen molar-refractivity contribution in [1.82, 2.24) is 10.2 Å². The van der Waals surface area contributed by atoms with Crippen molar-refractivity contribution in [2.24, 2.45) is 0 Å². The number of carboxylic acid groups (broad SMARTS) is 1. The molecule has 2 unspecified atom stereocenters. The number of carbonyl (C=O) groups is 2. The van der Waals surface area contributed by atoms with E-state index in [1.54, 1.807) is 4.90 Å². The minimum Gasteiger partial charge on any atom is -0.481 e. The number of nitrogens with one attached hydrogen (secondary N) is 1. The van der Waals surface area contributed by atoms with Crippen LogP contribution in [0.15, 0.2) is 30.3 Å². The van der Waals surface area contributed by atoms with Crippen molar-refractivity contribution in [2.45, 2.75) is 25.4 Å². The molecule has 2 rings (SSSR count). The third-order valence-corrected chi connectivity index (χ3v) is 3.45. The van der Waals surface area contributed by atoms with Crippen LogP contribution < -0.4 is 5.32 Å². The van der Waals surface area contributed by atoms with Crippen LogP contribution in [0.1, 0.15) is 24.9 Å². The number of rotatable bonds is 4. The number of nitrogens with zero attached hydrogens (tertiary/aromatic N) is 1. The van der Waals surface area contributed by atoms with E-state index in [9.17, 15) is 9.59 Å². The van der Waals surface area contributed by atoms with Crippen molar-refractivity contribution in [2.75, 3.05) is 13.1 Å². The normalized spacial score (nSPS) is 21.2. The Morgan fingerprint density at radius 1 is 1.47 bits per heavy atom. The molecule has 1 amide bonds. The second-order valence-corrected chi connectivity index (χ2v) is 4.72. The maximum absolute atomic E-state index is 12.3. The van der Waals surface area contributed by atoms with Crippen LogP contribution in [0.2, 0.25) is 0 Å². The lowest BCUT2D eigenvalue weighted by Gasteiger charge is -2.37. The number of carboxylic acids is 1. The van der Waals surface area contributed by atoms with E-state index in [1.807, 2.05) is 37.3 Å². The number of aliphatic carboxylic acids is 1. The zero-order valence-corrected chi connectivity index (χ0v) is 10.9. The van der Waals surface area contributed by atoms with Crippen LogP contribution in [0.4, 0.5) is 0 Å². The summed E-state index contributed by atoms with van der Waals surface area (Å²) >= 11 is 0. The van der Waals surface area contributed by atoms with E-state index in [4.69, 9.17) is 5.11 Å². The fourth-order valence-corrected chi connectivity index (χ4v) is 2.39. The van der Waals surface area contributed by atoms with Gasteiger partial charge < -0.3 is 15.3 Å². The predicted molar refractivity (Wildman–Crippen MR) is 70.6 cm³/mol. The molecule has 1 aromatic carbocycles. The van der Waals surface area contributed by atoms with Crippen LogP contribution >= 0.6 is 0 Å². The van der Waals surface area contributed by atoms with Gasteiger partial charge in [0.2, 0.25) is 5.91 Å². The number of amides is 1. The minimum absolute atomic E-state index is 0.0351. The van der Waals surface area contributed by atoms with Gasteiger partial charge in [-0.05, 0) is 12.5 Å². The molecule has 19 heavy (non-hydrogen) atoms. The average Bonchev–Trinajstić information content (AvgIpc) is 2.41. The highest BCUT2D eigenvalue weighted by molar-refractivity contribution is 5.87. The number of benzene rings is 1. The molecule has 5 heteroatoms. The molecule has 102 valence electrons. The first-order valence-electron chi connectivity index (χ1n) is 6.40. The van der Waals surface area contributed by atoms with E-state index < -0.39 is 12.0 Å². The van der Waals surface area contributed by atoms with Gasteiger partial charge in [0.25, 0.3) is 0 Å². The fraction of sp³-hybridized carbons (Fsp3) is 0.429. The topological polar surface area (TPSA) is 69.6 Å². The molecule has 0 radical (unpaired) electrons. The maximum atomic E-state index is 12.3. The Bertz CT molecular complexity index is 461. The minimum atomic E-state index is -0.958. The lowest BCUT2D eigenvalue weighted by molar-refractivity contribution is -0.145. The molecule has 2 N–H and O–H groups in total. The zero-order valence-electron chi connectivity index (χ0n) is 10.9. The molecule has 1 heterocycles. The summed E-state index contributed by atoms with van der Waals surface area (Å²) in [7, 11) is 0. The zero-order chi connectivity index (χ0) is 13.8. The Labute approximate surface area is 112 Å². The molecule has 1 saturated heterocycles. The van der Waals surface area contributed by atoms with Gasteiger partial charge in [0.15, 0.2) is 0 Å². The lowest BCUT2D eigenvalue weighted by atomic mass is 10.0. The first-order chi connectivity index (χ1) is 9.09. The van der Waals surface area contributed by atoms with Crippen LogP contribution in [0, 0.1) is 0 Å². The van der Waals surface area contributed by atoms with Gasteiger partial charge in [-0.2, -0.15) is 0 Å². The third-order valence-electron chi connectivity index (χ3n) is 3.45. The highest BCUT2D eigenvalue weighted by atomic mass is 16.4. The molecule has 1 fully saturated rings. The molecule has 1 aromatic rings. The van der Waals surface area contributed by atoms with Gasteiger partial charge in [-0.15, -0.1) is 0 Å². The summed E-state index contributed by atoms with van der Waals surface area (Å²) in [4.78, 5) is 24.8. The summed E-state index contributed by atoms with van der Waals surface area (Å²) in [5.74, 6) is -1.09. The van der Waals surface area contributed by atoms with E-state index in [0.717, 1.165) is 5.56 Å². The number of carbonyl (C=O) groups excluding carboxylic acids is 1. The maximum Gasteiger partial charge on any atom is 0.305 e. The van der Waals surface area contributed by atoms with Crippen molar-refractivity contribution in [3.63, 3.8) is 0 Å². The summed E-state index contributed by atoms with van der Waals surface area (Å²) in [6.07, 6.45) is -0.170. The molecule has 5 nitrogen and oxygen atoms in total. The highest BCUT2D eigenvalue weighted by Gasteiger charge is 2.32. The van der Waals surface area contributed by atoms with Crippen molar-refractivity contribution in [1.29, 1.82) is 0 Å². The molecule has 0 bridgehead atoms. The summed E-state index contributed by atoms with van der Waals surface area (Å²) in [5.41, 5.74) is 1.06. The van der Waals surface area contributed by atoms with E-state index in [-0.39, 0.29) is 18.4 Å². The Balaban J connectivity index is 2.11. The summed E-state index contributed by atoms with van der Waals surface area (Å²) in [5, 5.41) is 11.8. The molecule has 1 aliphatic heterocycles. The van der Waals surface area contributed by atoms with Crippen molar-refractivity contribution in [3.8, 4) is 0 Å². The van der Waals surface area contributed by atoms with Gasteiger partial charge in [0.05, 0.1) is 18.5 Å². The van der Waals surface area contributed by atoms with Crippen molar-refractivity contribution in [3.05, 3.63) is 35.9 Å². The molecule has 0 aromatic heterocycles. The number of piperazine rings is 1. The van der Waals surface area contributed by atoms with E-state index in [0.29, 0.717) is 13.1 Å².